The summed E-state index contributed by atoms with van der Waals surface area (Å²) in [6.07, 6.45) is 3.99. The van der Waals surface area contributed by atoms with Crippen LogP contribution in [0.1, 0.15) is 50.2 Å². The van der Waals surface area contributed by atoms with Crippen molar-refractivity contribution in [3.63, 3.8) is 0 Å². The molecule has 0 atom stereocenters. The predicted molar refractivity (Wildman–Crippen MR) is 109 cm³/mol. The summed E-state index contributed by atoms with van der Waals surface area (Å²) in [6.45, 7) is 2.55. The van der Waals surface area contributed by atoms with Crippen molar-refractivity contribution in [2.75, 3.05) is 11.9 Å². The highest BCUT2D eigenvalue weighted by molar-refractivity contribution is 6.00. The molecule has 1 fully saturated rings. The molecule has 0 unspecified atom stereocenters. The van der Waals surface area contributed by atoms with Crippen LogP contribution in [0, 0.1) is 21.4 Å². The molecule has 1 amide bonds. The lowest BCUT2D eigenvalue weighted by molar-refractivity contribution is -0.384. The number of nitro benzene ring substituents is 1. The van der Waals surface area contributed by atoms with E-state index in [4.69, 9.17) is 4.74 Å². The molecule has 2 aromatic carbocycles. The number of rotatable bonds is 7. The van der Waals surface area contributed by atoms with Crippen LogP contribution in [-0.2, 0) is 10.2 Å². The van der Waals surface area contributed by atoms with Gasteiger partial charge >= 0.3 is 0 Å². The minimum absolute atomic E-state index is 0.00302. The molecule has 0 bridgehead atoms. The molecule has 1 aliphatic carbocycles. The summed E-state index contributed by atoms with van der Waals surface area (Å²) in [6, 6.07) is 13.3. The first-order valence-corrected chi connectivity index (χ1v) is 9.73. The van der Waals surface area contributed by atoms with Gasteiger partial charge in [0.25, 0.3) is 5.69 Å². The largest absolute Gasteiger partial charge is 0.494 e. The molecule has 1 saturated carbocycles. The maximum Gasteiger partial charge on any atom is 0.269 e. The van der Waals surface area contributed by atoms with Crippen LogP contribution in [-0.4, -0.2) is 17.4 Å². The van der Waals surface area contributed by atoms with Crippen molar-refractivity contribution in [1.29, 1.82) is 5.26 Å². The number of nitriles is 1. The van der Waals surface area contributed by atoms with Gasteiger partial charge in [-0.15, -0.1) is 0 Å². The normalized spacial score (nSPS) is 14.8. The van der Waals surface area contributed by atoms with Crippen LogP contribution < -0.4 is 10.1 Å². The number of benzene rings is 2. The van der Waals surface area contributed by atoms with Gasteiger partial charge in [0.15, 0.2) is 0 Å². The van der Waals surface area contributed by atoms with Crippen molar-refractivity contribution in [3.8, 4) is 11.8 Å². The highest BCUT2D eigenvalue weighted by Crippen LogP contribution is 2.42. The van der Waals surface area contributed by atoms with Crippen LogP contribution in [0.2, 0.25) is 0 Å². The number of amides is 1. The lowest BCUT2D eigenvalue weighted by Crippen LogP contribution is -2.38. The van der Waals surface area contributed by atoms with Crippen molar-refractivity contribution >= 4 is 17.3 Å². The molecule has 29 heavy (non-hydrogen) atoms. The van der Waals surface area contributed by atoms with E-state index in [1.165, 1.54) is 12.1 Å². The Morgan fingerprint density at radius 2 is 1.93 bits per heavy atom. The lowest BCUT2D eigenvalue weighted by atomic mass is 9.78. The molecule has 0 aromatic heterocycles. The quantitative estimate of drug-likeness (QED) is 0.542. The molecule has 7 nitrogen and oxygen atoms in total. The monoisotopic (exact) mass is 393 g/mol. The van der Waals surface area contributed by atoms with Gasteiger partial charge in [-0.1, -0.05) is 31.9 Å². The van der Waals surface area contributed by atoms with E-state index in [0.29, 0.717) is 36.4 Å². The van der Waals surface area contributed by atoms with Gasteiger partial charge in [0, 0.05) is 12.1 Å². The van der Waals surface area contributed by atoms with Gasteiger partial charge in [-0.05, 0) is 43.0 Å². The molecule has 1 aliphatic rings. The van der Waals surface area contributed by atoms with Gasteiger partial charge < -0.3 is 10.1 Å². The van der Waals surface area contributed by atoms with E-state index in [-0.39, 0.29) is 11.6 Å². The van der Waals surface area contributed by atoms with Crippen LogP contribution in [0.4, 0.5) is 11.4 Å². The summed E-state index contributed by atoms with van der Waals surface area (Å²) in [5, 5.41) is 23.3. The molecule has 1 N–H and O–H groups in total. The maximum atomic E-state index is 13.3. The number of hydrogen-bond donors (Lipinski definition) is 1. The predicted octanol–water partition coefficient (Wildman–Crippen LogP) is 4.71. The highest BCUT2D eigenvalue weighted by Gasteiger charge is 2.43. The van der Waals surface area contributed by atoms with Crippen LogP contribution in [0.5, 0.6) is 5.75 Å². The fraction of sp³-hybridized carbons (Fsp3) is 0.364. The van der Waals surface area contributed by atoms with E-state index in [9.17, 15) is 20.2 Å². The van der Waals surface area contributed by atoms with Gasteiger partial charge in [0.1, 0.15) is 11.8 Å². The Labute approximate surface area is 169 Å². The Hall–Kier alpha value is -3.40. The van der Waals surface area contributed by atoms with Gasteiger partial charge in [-0.2, -0.15) is 5.26 Å². The first kappa shape index (κ1) is 20.3. The SMILES string of the molecule is CCCOc1ccc(NC(=O)C2(c3ccc([N+](=O)[O-])cc3)CCCC2)c(C#N)c1. The molecule has 0 spiro atoms. The molecular formula is C22H23N3O4. The van der Waals surface area contributed by atoms with Crippen LogP contribution in [0.25, 0.3) is 0 Å². The zero-order valence-corrected chi connectivity index (χ0v) is 16.3. The second-order valence-electron chi connectivity index (χ2n) is 7.21. The first-order chi connectivity index (χ1) is 14.0. The van der Waals surface area contributed by atoms with E-state index in [2.05, 4.69) is 11.4 Å². The highest BCUT2D eigenvalue weighted by atomic mass is 16.6. The molecular weight excluding hydrogens is 370 g/mol. The fourth-order valence-corrected chi connectivity index (χ4v) is 3.80. The summed E-state index contributed by atoms with van der Waals surface area (Å²) < 4.78 is 5.56. The minimum Gasteiger partial charge on any atom is -0.494 e. The maximum absolute atomic E-state index is 13.3. The van der Waals surface area contributed by atoms with Crippen molar-refractivity contribution in [3.05, 3.63) is 63.7 Å². The molecule has 0 aliphatic heterocycles. The number of carbonyl (C=O) groups excluding carboxylic acids is 1. The Morgan fingerprint density at radius 1 is 1.24 bits per heavy atom. The van der Waals surface area contributed by atoms with Gasteiger partial charge in [-0.25, -0.2) is 0 Å². The number of non-ortho nitro benzene ring substituents is 1. The van der Waals surface area contributed by atoms with Crippen LogP contribution in [0.15, 0.2) is 42.5 Å². The molecule has 150 valence electrons. The average Bonchev–Trinajstić information content (AvgIpc) is 3.24. The zero-order chi connectivity index (χ0) is 20.9. The molecule has 0 saturated heterocycles. The van der Waals surface area contributed by atoms with Crippen molar-refractivity contribution in [1.82, 2.24) is 0 Å². The van der Waals surface area contributed by atoms with Crippen molar-refractivity contribution in [2.45, 2.75) is 44.4 Å². The first-order valence-electron chi connectivity index (χ1n) is 9.73. The van der Waals surface area contributed by atoms with E-state index in [0.717, 1.165) is 24.8 Å². The van der Waals surface area contributed by atoms with Crippen molar-refractivity contribution in [2.24, 2.45) is 0 Å². The topological polar surface area (TPSA) is 105 Å². The Bertz CT molecular complexity index is 942. The molecule has 3 rings (SSSR count). The molecule has 2 aromatic rings. The van der Waals surface area contributed by atoms with Crippen LogP contribution >= 0.6 is 0 Å². The standard InChI is InChI=1S/C22H23N3O4/c1-2-13-29-19-9-10-20(16(14-19)15-23)24-21(26)22(11-3-4-12-22)17-5-7-18(8-6-17)25(27)28/h5-10,14H,2-4,11-13H2,1H3,(H,24,26). The number of hydrogen-bond acceptors (Lipinski definition) is 5. The van der Waals surface area contributed by atoms with E-state index < -0.39 is 10.3 Å². The van der Waals surface area contributed by atoms with Gasteiger partial charge in [-0.3, -0.25) is 14.9 Å². The number of ether oxygens (including phenoxy) is 1. The summed E-state index contributed by atoms with van der Waals surface area (Å²) in [7, 11) is 0. The van der Waals surface area contributed by atoms with Gasteiger partial charge in [0.2, 0.25) is 5.91 Å². The van der Waals surface area contributed by atoms with E-state index in [1.54, 1.807) is 30.3 Å². The second kappa shape index (κ2) is 8.74. The third-order valence-electron chi connectivity index (χ3n) is 5.35. The number of carbonyl (C=O) groups is 1. The Balaban J connectivity index is 1.87. The average molecular weight is 393 g/mol. The number of anilines is 1. The molecule has 0 heterocycles. The molecule has 0 radical (unpaired) electrons. The van der Waals surface area contributed by atoms with E-state index >= 15 is 0 Å². The number of nitro groups is 1. The van der Waals surface area contributed by atoms with E-state index in [1.807, 2.05) is 6.92 Å². The molecule has 7 heteroatoms. The third-order valence-corrected chi connectivity index (χ3v) is 5.35. The number of nitrogens with one attached hydrogen (secondary N) is 1. The lowest BCUT2D eigenvalue weighted by Gasteiger charge is -2.28. The zero-order valence-electron chi connectivity index (χ0n) is 16.3. The third kappa shape index (κ3) is 4.21. The smallest absolute Gasteiger partial charge is 0.269 e. The number of nitrogens with zero attached hydrogens (tertiary/aromatic N) is 2. The Kier molecular flexibility index (Phi) is 6.13. The van der Waals surface area contributed by atoms with Gasteiger partial charge in [0.05, 0.1) is 28.2 Å². The fourth-order valence-electron chi connectivity index (χ4n) is 3.80. The summed E-state index contributed by atoms with van der Waals surface area (Å²) in [5.74, 6) is 0.398. The summed E-state index contributed by atoms with van der Waals surface area (Å²) in [4.78, 5) is 23.8. The second-order valence-corrected chi connectivity index (χ2v) is 7.21. The summed E-state index contributed by atoms with van der Waals surface area (Å²) in [5.41, 5.74) is 0.786. The minimum atomic E-state index is -0.751. The summed E-state index contributed by atoms with van der Waals surface area (Å²) >= 11 is 0. The Morgan fingerprint density at radius 3 is 2.52 bits per heavy atom. The van der Waals surface area contributed by atoms with Crippen LogP contribution in [0.3, 0.4) is 0 Å². The van der Waals surface area contributed by atoms with Crippen molar-refractivity contribution < 1.29 is 14.5 Å².